The van der Waals surface area contributed by atoms with Crippen molar-refractivity contribution in [3.05, 3.63) is 0 Å². The van der Waals surface area contributed by atoms with Gasteiger partial charge in [-0.2, -0.15) is 0 Å². The molecule has 0 aromatic heterocycles. The van der Waals surface area contributed by atoms with Gasteiger partial charge in [0.15, 0.2) is 5.41 Å². The van der Waals surface area contributed by atoms with E-state index in [0.717, 1.165) is 0 Å². The lowest BCUT2D eigenvalue weighted by molar-refractivity contribution is -0.192. The Bertz CT molecular complexity index is 279. The van der Waals surface area contributed by atoms with E-state index in [1.54, 1.807) is 0 Å². The van der Waals surface area contributed by atoms with Gasteiger partial charge < -0.3 is 9.84 Å². The van der Waals surface area contributed by atoms with Gasteiger partial charge in [-0.3, -0.25) is 9.59 Å². The van der Waals surface area contributed by atoms with Crippen LogP contribution in [0.2, 0.25) is 0 Å². The Morgan fingerprint density at radius 2 is 2.20 bits per heavy atom. The van der Waals surface area contributed by atoms with Gasteiger partial charge in [-0.05, 0) is 19.8 Å². The number of hydrogen-bond donors (Lipinski definition) is 1. The van der Waals surface area contributed by atoms with Crippen LogP contribution in [0.1, 0.15) is 19.8 Å². The number of aliphatic carboxylic acids is 1. The van der Waals surface area contributed by atoms with Crippen molar-refractivity contribution in [1.29, 1.82) is 0 Å². The standard InChI is InChI=1S/C9H12F2O4/c1-2-15-8(14)9(7(12)13)4-3-5(9)6(10)11/h5-6H,2-4H2,1H3,(H,12,13)/t5?,9-/m0/s1. The maximum absolute atomic E-state index is 12.5. The summed E-state index contributed by atoms with van der Waals surface area (Å²) >= 11 is 0. The normalized spacial score (nSPS) is 29.7. The number of rotatable bonds is 4. The zero-order valence-corrected chi connectivity index (χ0v) is 8.20. The summed E-state index contributed by atoms with van der Waals surface area (Å²) in [6.45, 7) is 1.49. The molecule has 6 heteroatoms. The second kappa shape index (κ2) is 4.12. The highest BCUT2D eigenvalue weighted by molar-refractivity contribution is 6.00. The first-order valence-corrected chi connectivity index (χ1v) is 4.65. The van der Waals surface area contributed by atoms with Crippen LogP contribution in [0.3, 0.4) is 0 Å². The van der Waals surface area contributed by atoms with E-state index in [-0.39, 0.29) is 19.4 Å². The Morgan fingerprint density at radius 1 is 1.60 bits per heavy atom. The third-order valence-corrected chi connectivity index (χ3v) is 2.81. The summed E-state index contributed by atoms with van der Waals surface area (Å²) in [6.07, 6.45) is -2.84. The number of esters is 1. The monoisotopic (exact) mass is 222 g/mol. The molecule has 1 N–H and O–H groups in total. The van der Waals surface area contributed by atoms with Crippen molar-refractivity contribution >= 4 is 11.9 Å². The van der Waals surface area contributed by atoms with Gasteiger partial charge in [-0.1, -0.05) is 0 Å². The zero-order valence-electron chi connectivity index (χ0n) is 8.20. The SMILES string of the molecule is CCOC(=O)[C@@]1(C(=O)O)CCC1C(F)F. The smallest absolute Gasteiger partial charge is 0.323 e. The first-order chi connectivity index (χ1) is 6.96. The molecule has 0 aromatic rings. The van der Waals surface area contributed by atoms with Gasteiger partial charge in [-0.25, -0.2) is 8.78 Å². The fraction of sp³-hybridized carbons (Fsp3) is 0.778. The van der Waals surface area contributed by atoms with Crippen LogP contribution in [0, 0.1) is 11.3 Å². The number of hydrogen-bond acceptors (Lipinski definition) is 3. The van der Waals surface area contributed by atoms with E-state index in [1.807, 2.05) is 0 Å². The van der Waals surface area contributed by atoms with Crippen molar-refractivity contribution in [2.24, 2.45) is 11.3 Å². The third kappa shape index (κ3) is 1.68. The maximum Gasteiger partial charge on any atom is 0.323 e. The summed E-state index contributed by atoms with van der Waals surface area (Å²) in [4.78, 5) is 22.3. The molecule has 1 aliphatic carbocycles. The summed E-state index contributed by atoms with van der Waals surface area (Å²) < 4.78 is 29.5. The summed E-state index contributed by atoms with van der Waals surface area (Å²) in [7, 11) is 0. The van der Waals surface area contributed by atoms with Gasteiger partial charge in [0.2, 0.25) is 6.43 Å². The summed E-state index contributed by atoms with van der Waals surface area (Å²) in [6, 6.07) is 0. The molecule has 1 rings (SSSR count). The van der Waals surface area contributed by atoms with E-state index in [0.29, 0.717) is 0 Å². The largest absolute Gasteiger partial charge is 0.480 e. The van der Waals surface area contributed by atoms with Gasteiger partial charge >= 0.3 is 11.9 Å². The molecule has 0 radical (unpaired) electrons. The summed E-state index contributed by atoms with van der Waals surface area (Å²) in [5, 5.41) is 8.87. The van der Waals surface area contributed by atoms with Crippen LogP contribution >= 0.6 is 0 Å². The minimum atomic E-state index is -2.81. The fourth-order valence-corrected chi connectivity index (χ4v) is 1.81. The predicted octanol–water partition coefficient (Wildman–Crippen LogP) is 1.30. The lowest BCUT2D eigenvalue weighted by atomic mass is 9.60. The highest BCUT2D eigenvalue weighted by Crippen LogP contribution is 2.50. The molecule has 0 saturated heterocycles. The molecule has 0 heterocycles. The van der Waals surface area contributed by atoms with E-state index in [9.17, 15) is 18.4 Å². The van der Waals surface area contributed by atoms with Crippen LogP contribution in [0.15, 0.2) is 0 Å². The van der Waals surface area contributed by atoms with Crippen molar-refractivity contribution in [2.75, 3.05) is 6.61 Å². The van der Waals surface area contributed by atoms with Crippen molar-refractivity contribution in [3.63, 3.8) is 0 Å². The number of alkyl halides is 2. The average molecular weight is 222 g/mol. The number of carbonyl (C=O) groups is 2. The second-order valence-electron chi connectivity index (χ2n) is 3.48. The van der Waals surface area contributed by atoms with E-state index in [1.165, 1.54) is 6.92 Å². The molecule has 2 atom stereocenters. The van der Waals surface area contributed by atoms with E-state index in [2.05, 4.69) is 4.74 Å². The lowest BCUT2D eigenvalue weighted by Crippen LogP contribution is -2.56. The molecule has 15 heavy (non-hydrogen) atoms. The molecule has 1 unspecified atom stereocenters. The van der Waals surface area contributed by atoms with Gasteiger partial charge in [0.25, 0.3) is 0 Å². The molecule has 0 aliphatic heterocycles. The molecule has 1 fully saturated rings. The maximum atomic E-state index is 12.5. The fourth-order valence-electron chi connectivity index (χ4n) is 1.81. The van der Waals surface area contributed by atoms with Crippen LogP contribution in [-0.2, 0) is 14.3 Å². The highest BCUT2D eigenvalue weighted by atomic mass is 19.3. The summed E-state index contributed by atoms with van der Waals surface area (Å²) in [5.74, 6) is -3.99. The Hall–Kier alpha value is -1.20. The van der Waals surface area contributed by atoms with E-state index >= 15 is 0 Å². The first kappa shape index (κ1) is 11.9. The van der Waals surface area contributed by atoms with Crippen LogP contribution in [0.4, 0.5) is 8.78 Å². The van der Waals surface area contributed by atoms with Crippen LogP contribution in [0.25, 0.3) is 0 Å². The molecular formula is C9H12F2O4. The Balaban J connectivity index is 2.90. The van der Waals surface area contributed by atoms with Crippen LogP contribution in [0.5, 0.6) is 0 Å². The predicted molar refractivity (Wildman–Crippen MR) is 45.4 cm³/mol. The minimum Gasteiger partial charge on any atom is -0.480 e. The lowest BCUT2D eigenvalue weighted by Gasteiger charge is -2.42. The topological polar surface area (TPSA) is 63.6 Å². The molecule has 4 nitrogen and oxygen atoms in total. The van der Waals surface area contributed by atoms with Crippen molar-refractivity contribution in [2.45, 2.75) is 26.2 Å². The van der Waals surface area contributed by atoms with Crippen LogP contribution < -0.4 is 0 Å². The number of carboxylic acids is 1. The Labute approximate surface area is 85.2 Å². The molecular weight excluding hydrogens is 210 g/mol. The van der Waals surface area contributed by atoms with Gasteiger partial charge in [-0.15, -0.1) is 0 Å². The Kier molecular flexibility index (Phi) is 3.26. The van der Waals surface area contributed by atoms with Crippen LogP contribution in [-0.4, -0.2) is 30.1 Å². The molecule has 0 bridgehead atoms. The van der Waals surface area contributed by atoms with Crippen molar-refractivity contribution in [3.8, 4) is 0 Å². The summed E-state index contributed by atoms with van der Waals surface area (Å²) in [5.41, 5.74) is -2.02. The molecule has 86 valence electrons. The first-order valence-electron chi connectivity index (χ1n) is 4.65. The van der Waals surface area contributed by atoms with E-state index in [4.69, 9.17) is 5.11 Å². The number of ether oxygens (including phenoxy) is 1. The number of carbonyl (C=O) groups excluding carboxylic acids is 1. The third-order valence-electron chi connectivity index (χ3n) is 2.81. The number of carboxylic acid groups (broad SMARTS) is 1. The second-order valence-corrected chi connectivity index (χ2v) is 3.48. The van der Waals surface area contributed by atoms with Gasteiger partial charge in [0.1, 0.15) is 0 Å². The van der Waals surface area contributed by atoms with Crippen molar-refractivity contribution in [1.82, 2.24) is 0 Å². The van der Waals surface area contributed by atoms with Gasteiger partial charge in [0, 0.05) is 5.92 Å². The Morgan fingerprint density at radius 3 is 2.47 bits per heavy atom. The molecule has 1 saturated carbocycles. The molecule has 1 aliphatic rings. The van der Waals surface area contributed by atoms with Crippen molar-refractivity contribution < 1.29 is 28.2 Å². The van der Waals surface area contributed by atoms with Gasteiger partial charge in [0.05, 0.1) is 6.61 Å². The average Bonchev–Trinajstić information content (AvgIpc) is 2.00. The van der Waals surface area contributed by atoms with E-state index < -0.39 is 29.7 Å². The number of halogens is 2. The minimum absolute atomic E-state index is 0.0101. The molecule has 0 aromatic carbocycles. The quantitative estimate of drug-likeness (QED) is 0.575. The zero-order chi connectivity index (χ0) is 11.6. The highest BCUT2D eigenvalue weighted by Gasteiger charge is 2.63. The molecule has 0 spiro atoms. The molecule has 0 amide bonds.